The third kappa shape index (κ3) is 3.15. The van der Waals surface area contributed by atoms with E-state index in [0.717, 1.165) is 29.0 Å². The lowest BCUT2D eigenvalue weighted by Crippen LogP contribution is -2.51. The topological polar surface area (TPSA) is 56.5 Å². The Labute approximate surface area is 125 Å². The highest BCUT2D eigenvalue weighted by molar-refractivity contribution is 6.31. The second kappa shape index (κ2) is 6.87. The molecule has 1 saturated heterocycles. The van der Waals surface area contributed by atoms with Crippen molar-refractivity contribution in [3.8, 4) is 0 Å². The van der Waals surface area contributed by atoms with Crippen molar-refractivity contribution >= 4 is 11.6 Å². The summed E-state index contributed by atoms with van der Waals surface area (Å²) < 4.78 is 11.6. The van der Waals surface area contributed by atoms with Crippen LogP contribution >= 0.6 is 11.6 Å². The summed E-state index contributed by atoms with van der Waals surface area (Å²) >= 11 is 6.24. The molecular weight excluding hydrogens is 276 g/mol. The van der Waals surface area contributed by atoms with Crippen LogP contribution in [-0.4, -0.2) is 25.4 Å². The Balaban J connectivity index is 2.34. The van der Waals surface area contributed by atoms with Gasteiger partial charge < -0.3 is 9.47 Å². The predicted octanol–water partition coefficient (Wildman–Crippen LogP) is 2.74. The Hall–Kier alpha value is -0.650. The molecule has 0 radical (unpaired) electrons. The van der Waals surface area contributed by atoms with Crippen molar-refractivity contribution in [3.05, 3.63) is 34.3 Å². The number of halogens is 1. The predicted molar refractivity (Wildman–Crippen MR) is 80.7 cm³/mol. The Kier molecular flexibility index (Phi) is 5.41. The highest BCUT2D eigenvalue weighted by Gasteiger charge is 2.41. The Bertz CT molecular complexity index is 442. The highest BCUT2D eigenvalue weighted by Crippen LogP contribution is 2.38. The highest BCUT2D eigenvalue weighted by atomic mass is 35.5. The molecule has 0 spiro atoms. The van der Waals surface area contributed by atoms with Gasteiger partial charge in [-0.15, -0.1) is 0 Å². The number of aryl methyl sites for hydroxylation is 1. The SMILES string of the molecule is CCOC1(C(NN)c2ccc(C)c(Cl)c2)CCOCC1. The van der Waals surface area contributed by atoms with Crippen molar-refractivity contribution in [3.63, 3.8) is 0 Å². The summed E-state index contributed by atoms with van der Waals surface area (Å²) in [4.78, 5) is 0. The first kappa shape index (κ1) is 15.7. The molecule has 5 heteroatoms. The molecule has 0 amide bonds. The molecule has 1 aromatic rings. The fourth-order valence-corrected chi connectivity index (χ4v) is 3.05. The number of ether oxygens (including phenoxy) is 2. The molecule has 20 heavy (non-hydrogen) atoms. The van der Waals surface area contributed by atoms with Crippen molar-refractivity contribution in [1.82, 2.24) is 5.43 Å². The summed E-state index contributed by atoms with van der Waals surface area (Å²) in [6.45, 7) is 6.03. The van der Waals surface area contributed by atoms with Crippen molar-refractivity contribution in [2.75, 3.05) is 19.8 Å². The molecule has 0 saturated carbocycles. The van der Waals surface area contributed by atoms with Gasteiger partial charge in [-0.05, 0) is 31.0 Å². The summed E-state index contributed by atoms with van der Waals surface area (Å²) in [5.41, 5.74) is 4.70. The lowest BCUT2D eigenvalue weighted by Gasteiger charge is -2.43. The van der Waals surface area contributed by atoms with E-state index in [0.29, 0.717) is 19.8 Å². The van der Waals surface area contributed by atoms with Gasteiger partial charge in [0.1, 0.15) is 0 Å². The molecule has 4 nitrogen and oxygen atoms in total. The monoisotopic (exact) mass is 298 g/mol. The second-order valence-electron chi connectivity index (χ2n) is 5.22. The molecule has 1 heterocycles. The molecule has 1 unspecified atom stereocenters. The first-order valence-corrected chi connectivity index (χ1v) is 7.44. The summed E-state index contributed by atoms with van der Waals surface area (Å²) in [6.07, 6.45) is 1.64. The fourth-order valence-electron chi connectivity index (χ4n) is 2.86. The van der Waals surface area contributed by atoms with E-state index >= 15 is 0 Å². The lowest BCUT2D eigenvalue weighted by atomic mass is 9.82. The van der Waals surface area contributed by atoms with Crippen molar-refractivity contribution < 1.29 is 9.47 Å². The molecule has 1 fully saturated rings. The number of nitrogens with one attached hydrogen (secondary N) is 1. The molecule has 1 aliphatic heterocycles. The van der Waals surface area contributed by atoms with E-state index in [9.17, 15) is 0 Å². The van der Waals surface area contributed by atoms with Crippen LogP contribution in [0.1, 0.15) is 36.9 Å². The van der Waals surface area contributed by atoms with Gasteiger partial charge in [-0.1, -0.05) is 23.7 Å². The van der Waals surface area contributed by atoms with E-state index in [2.05, 4.69) is 11.5 Å². The Morgan fingerprint density at radius 2 is 2.15 bits per heavy atom. The molecule has 0 aliphatic carbocycles. The first-order chi connectivity index (χ1) is 9.63. The Morgan fingerprint density at radius 1 is 1.45 bits per heavy atom. The molecule has 1 atom stereocenters. The number of benzene rings is 1. The minimum Gasteiger partial charge on any atom is -0.381 e. The van der Waals surface area contributed by atoms with Gasteiger partial charge in [0, 0.05) is 37.7 Å². The molecular formula is C15H23ClN2O2. The third-order valence-electron chi connectivity index (χ3n) is 3.99. The number of hydrazine groups is 1. The molecule has 1 aliphatic rings. The third-order valence-corrected chi connectivity index (χ3v) is 4.40. The molecule has 3 N–H and O–H groups in total. The smallest absolute Gasteiger partial charge is 0.0932 e. The van der Waals surface area contributed by atoms with Crippen LogP contribution in [-0.2, 0) is 9.47 Å². The van der Waals surface area contributed by atoms with Crippen LogP contribution in [0.2, 0.25) is 5.02 Å². The van der Waals surface area contributed by atoms with Crippen LogP contribution in [0.5, 0.6) is 0 Å². The van der Waals surface area contributed by atoms with E-state index in [1.165, 1.54) is 0 Å². The molecule has 2 rings (SSSR count). The maximum Gasteiger partial charge on any atom is 0.0932 e. The number of rotatable bonds is 5. The van der Waals surface area contributed by atoms with Crippen molar-refractivity contribution in [2.24, 2.45) is 5.84 Å². The minimum absolute atomic E-state index is 0.0931. The summed E-state index contributed by atoms with van der Waals surface area (Å²) in [6, 6.07) is 5.95. The van der Waals surface area contributed by atoms with Gasteiger partial charge in [0.15, 0.2) is 0 Å². The fraction of sp³-hybridized carbons (Fsp3) is 0.600. The Morgan fingerprint density at radius 3 is 2.70 bits per heavy atom. The molecule has 0 aromatic heterocycles. The van der Waals surface area contributed by atoms with E-state index in [-0.39, 0.29) is 11.6 Å². The maximum absolute atomic E-state index is 6.24. The standard InChI is InChI=1S/C15H23ClN2O2/c1-3-20-15(6-8-19-9-7-15)14(18-17)12-5-4-11(2)13(16)10-12/h4-5,10,14,18H,3,6-9,17H2,1-2H3. The van der Waals surface area contributed by atoms with Crippen molar-refractivity contribution in [2.45, 2.75) is 38.3 Å². The zero-order chi connectivity index (χ0) is 14.6. The van der Waals surface area contributed by atoms with E-state index < -0.39 is 0 Å². The molecule has 112 valence electrons. The quantitative estimate of drug-likeness (QED) is 0.648. The van der Waals surface area contributed by atoms with Gasteiger partial charge in [-0.25, -0.2) is 0 Å². The maximum atomic E-state index is 6.24. The van der Waals surface area contributed by atoms with E-state index in [1.807, 2.05) is 26.0 Å². The van der Waals surface area contributed by atoms with Crippen LogP contribution in [0, 0.1) is 6.92 Å². The van der Waals surface area contributed by atoms with Gasteiger partial charge in [-0.3, -0.25) is 11.3 Å². The van der Waals surface area contributed by atoms with E-state index in [1.54, 1.807) is 0 Å². The van der Waals surface area contributed by atoms with Crippen molar-refractivity contribution in [1.29, 1.82) is 0 Å². The van der Waals surface area contributed by atoms with Gasteiger partial charge in [0.05, 0.1) is 11.6 Å². The number of nitrogens with two attached hydrogens (primary N) is 1. The van der Waals surface area contributed by atoms with E-state index in [4.69, 9.17) is 26.9 Å². The second-order valence-corrected chi connectivity index (χ2v) is 5.63. The lowest BCUT2D eigenvalue weighted by molar-refractivity contribution is -0.128. The average molecular weight is 299 g/mol. The van der Waals surface area contributed by atoms with Gasteiger partial charge in [0.2, 0.25) is 0 Å². The first-order valence-electron chi connectivity index (χ1n) is 7.07. The molecule has 1 aromatic carbocycles. The summed E-state index contributed by atoms with van der Waals surface area (Å²) in [5, 5.41) is 0.751. The van der Waals surface area contributed by atoms with Crippen LogP contribution in [0.15, 0.2) is 18.2 Å². The minimum atomic E-state index is -0.333. The van der Waals surface area contributed by atoms with Gasteiger partial charge in [-0.2, -0.15) is 0 Å². The van der Waals surface area contributed by atoms with Crippen LogP contribution < -0.4 is 11.3 Å². The molecule has 0 bridgehead atoms. The van der Waals surface area contributed by atoms with Gasteiger partial charge >= 0.3 is 0 Å². The normalized spacial score (nSPS) is 19.8. The van der Waals surface area contributed by atoms with Crippen LogP contribution in [0.25, 0.3) is 0 Å². The summed E-state index contributed by atoms with van der Waals surface area (Å²) in [7, 11) is 0. The average Bonchev–Trinajstić information content (AvgIpc) is 2.45. The zero-order valence-corrected chi connectivity index (χ0v) is 12.9. The van der Waals surface area contributed by atoms with Crippen LogP contribution in [0.3, 0.4) is 0 Å². The van der Waals surface area contributed by atoms with Crippen LogP contribution in [0.4, 0.5) is 0 Å². The number of hydrogen-bond acceptors (Lipinski definition) is 4. The summed E-state index contributed by atoms with van der Waals surface area (Å²) in [5.74, 6) is 5.83. The number of hydrogen-bond donors (Lipinski definition) is 2. The van der Waals surface area contributed by atoms with Gasteiger partial charge in [0.25, 0.3) is 0 Å². The zero-order valence-electron chi connectivity index (χ0n) is 12.1. The largest absolute Gasteiger partial charge is 0.381 e.